The number of benzene rings is 1. The smallest absolute Gasteiger partial charge is 0.341 e. The van der Waals surface area contributed by atoms with Crippen molar-refractivity contribution in [2.45, 2.75) is 66.3 Å². The monoisotopic (exact) mass is 466 g/mol. The van der Waals surface area contributed by atoms with Crippen molar-refractivity contribution in [2.75, 3.05) is 11.9 Å². The number of hydrogen-bond donors (Lipinski definition) is 1. The van der Waals surface area contributed by atoms with Gasteiger partial charge in [-0.15, -0.1) is 11.3 Å². The molecule has 1 aliphatic carbocycles. The number of nitrogens with zero attached hydrogens (tertiary/aromatic N) is 1. The van der Waals surface area contributed by atoms with Crippen molar-refractivity contribution in [1.29, 1.82) is 0 Å². The highest BCUT2D eigenvalue weighted by molar-refractivity contribution is 7.17. The van der Waals surface area contributed by atoms with Gasteiger partial charge in [-0.25, -0.2) is 4.79 Å². The van der Waals surface area contributed by atoms with Crippen LogP contribution in [0.5, 0.6) is 0 Å². The van der Waals surface area contributed by atoms with E-state index in [0.717, 1.165) is 63.7 Å². The number of fused-ring (bicyclic) bond motifs is 2. The number of pyridine rings is 1. The third-order valence-electron chi connectivity index (χ3n) is 6.21. The molecule has 33 heavy (non-hydrogen) atoms. The summed E-state index contributed by atoms with van der Waals surface area (Å²) < 4.78 is 6.96. The molecule has 0 saturated heterocycles. The molecule has 1 aliphatic rings. The summed E-state index contributed by atoms with van der Waals surface area (Å²) in [6, 6.07) is 5.76. The van der Waals surface area contributed by atoms with Gasteiger partial charge in [-0.05, 0) is 76.1 Å². The van der Waals surface area contributed by atoms with E-state index in [1.165, 1.54) is 11.3 Å². The molecule has 1 N–H and O–H groups in total. The summed E-state index contributed by atoms with van der Waals surface area (Å²) in [5.74, 6) is -0.594. The largest absolute Gasteiger partial charge is 0.462 e. The summed E-state index contributed by atoms with van der Waals surface area (Å²) >= 11 is 1.48. The predicted molar refractivity (Wildman–Crippen MR) is 133 cm³/mol. The van der Waals surface area contributed by atoms with Crippen LogP contribution < -0.4 is 10.9 Å². The summed E-state index contributed by atoms with van der Waals surface area (Å²) in [5, 5.41) is 4.54. The highest BCUT2D eigenvalue weighted by Crippen LogP contribution is 2.38. The Morgan fingerprint density at radius 3 is 2.61 bits per heavy atom. The highest BCUT2D eigenvalue weighted by atomic mass is 32.1. The first kappa shape index (κ1) is 23.2. The van der Waals surface area contributed by atoms with E-state index in [2.05, 4.69) is 17.4 Å². The summed E-state index contributed by atoms with van der Waals surface area (Å²) in [6.45, 7) is 8.31. The van der Waals surface area contributed by atoms with Crippen LogP contribution in [0.2, 0.25) is 0 Å². The number of aromatic nitrogens is 1. The number of amides is 1. The van der Waals surface area contributed by atoms with E-state index in [1.54, 1.807) is 17.6 Å². The lowest BCUT2D eigenvalue weighted by Gasteiger charge is -2.15. The molecule has 4 rings (SSSR count). The van der Waals surface area contributed by atoms with E-state index in [0.29, 0.717) is 17.2 Å². The number of esters is 1. The molecule has 174 valence electrons. The van der Waals surface area contributed by atoms with Crippen molar-refractivity contribution in [3.63, 3.8) is 0 Å². The molecule has 1 aromatic carbocycles. The molecule has 0 unspecified atom stereocenters. The van der Waals surface area contributed by atoms with E-state index < -0.39 is 0 Å². The number of rotatable bonds is 6. The minimum absolute atomic E-state index is 0.112. The summed E-state index contributed by atoms with van der Waals surface area (Å²) in [6.07, 6.45) is 4.01. The van der Waals surface area contributed by atoms with Crippen molar-refractivity contribution < 1.29 is 14.3 Å². The molecule has 0 atom stereocenters. The molecular formula is C26H30N2O4S. The molecule has 2 heterocycles. The van der Waals surface area contributed by atoms with Gasteiger partial charge in [-0.1, -0.05) is 11.6 Å². The first-order valence-corrected chi connectivity index (χ1v) is 12.3. The average molecular weight is 467 g/mol. The summed E-state index contributed by atoms with van der Waals surface area (Å²) in [5.41, 5.74) is 5.38. The maximum absolute atomic E-state index is 12.9. The minimum atomic E-state index is -0.376. The number of hydrogen-bond acceptors (Lipinski definition) is 5. The molecule has 6 nitrogen and oxygen atoms in total. The number of carbonyl (C=O) groups is 2. The number of ether oxygens (including phenoxy) is 1. The molecule has 0 bridgehead atoms. The molecule has 0 radical (unpaired) electrons. The predicted octanol–water partition coefficient (Wildman–Crippen LogP) is 5.07. The number of anilines is 1. The molecule has 0 aliphatic heterocycles. The fourth-order valence-electron chi connectivity index (χ4n) is 4.77. The standard InChI is InChI=1S/C26H30N2O4S/c1-5-32-26(31)23-18-8-6-7-9-20(18)33-25(23)27-21(29)10-11-28-22(30)14-16(3)19-13-15(2)12-17(4)24(19)28/h12-14H,5-11H2,1-4H3,(H,27,29). The van der Waals surface area contributed by atoms with Crippen LogP contribution in [-0.2, 0) is 28.9 Å². The molecule has 0 saturated carbocycles. The zero-order valence-corrected chi connectivity index (χ0v) is 20.5. The first-order chi connectivity index (χ1) is 15.8. The molecule has 3 aromatic rings. The number of carbonyl (C=O) groups excluding carboxylic acids is 2. The van der Waals surface area contributed by atoms with E-state index in [1.807, 2.05) is 20.8 Å². The van der Waals surface area contributed by atoms with Crippen LogP contribution in [0.15, 0.2) is 23.0 Å². The van der Waals surface area contributed by atoms with E-state index >= 15 is 0 Å². The summed E-state index contributed by atoms with van der Waals surface area (Å²) in [4.78, 5) is 39.5. The molecule has 2 aromatic heterocycles. The van der Waals surface area contributed by atoms with Crippen LogP contribution in [0, 0.1) is 20.8 Å². The number of nitrogens with one attached hydrogen (secondary N) is 1. The maximum Gasteiger partial charge on any atom is 0.341 e. The van der Waals surface area contributed by atoms with Crippen molar-refractivity contribution in [1.82, 2.24) is 4.57 Å². The quantitative estimate of drug-likeness (QED) is 0.515. The van der Waals surface area contributed by atoms with Gasteiger partial charge in [0.15, 0.2) is 0 Å². The Morgan fingerprint density at radius 2 is 1.85 bits per heavy atom. The Labute approximate surface area is 197 Å². The Balaban J connectivity index is 1.59. The molecular weight excluding hydrogens is 436 g/mol. The molecule has 1 amide bonds. The number of aryl methyl sites for hydroxylation is 5. The molecule has 0 spiro atoms. The SMILES string of the molecule is CCOC(=O)c1c(NC(=O)CCn2c(=O)cc(C)c3cc(C)cc(C)c32)sc2c1CCCC2. The fourth-order valence-corrected chi connectivity index (χ4v) is 6.06. The minimum Gasteiger partial charge on any atom is -0.462 e. The normalized spacial score (nSPS) is 13.1. The molecule has 0 fully saturated rings. The second kappa shape index (κ2) is 9.51. The topological polar surface area (TPSA) is 77.4 Å². The zero-order chi connectivity index (χ0) is 23.7. The highest BCUT2D eigenvalue weighted by Gasteiger charge is 2.27. The average Bonchev–Trinajstić information content (AvgIpc) is 3.11. The van der Waals surface area contributed by atoms with Gasteiger partial charge in [0.25, 0.3) is 5.56 Å². The fraction of sp³-hybridized carbons (Fsp3) is 0.423. The van der Waals surface area contributed by atoms with Crippen LogP contribution in [-0.4, -0.2) is 23.1 Å². The van der Waals surface area contributed by atoms with Crippen LogP contribution in [0.4, 0.5) is 5.00 Å². The van der Waals surface area contributed by atoms with Crippen LogP contribution in [0.3, 0.4) is 0 Å². The van der Waals surface area contributed by atoms with Crippen molar-refractivity contribution in [3.8, 4) is 0 Å². The van der Waals surface area contributed by atoms with Gasteiger partial charge in [-0.2, -0.15) is 0 Å². The Bertz CT molecular complexity index is 1300. The maximum atomic E-state index is 12.9. The van der Waals surface area contributed by atoms with E-state index in [4.69, 9.17) is 4.74 Å². The van der Waals surface area contributed by atoms with Gasteiger partial charge in [0.1, 0.15) is 5.00 Å². The van der Waals surface area contributed by atoms with Crippen molar-refractivity contribution >= 4 is 39.1 Å². The lowest BCUT2D eigenvalue weighted by atomic mass is 9.95. The van der Waals surface area contributed by atoms with Gasteiger partial charge >= 0.3 is 5.97 Å². The first-order valence-electron chi connectivity index (χ1n) is 11.5. The van der Waals surface area contributed by atoms with Gasteiger partial charge in [0.05, 0.1) is 17.7 Å². The zero-order valence-electron chi connectivity index (χ0n) is 19.7. The van der Waals surface area contributed by atoms with Crippen molar-refractivity contribution in [3.05, 3.63) is 61.2 Å². The lowest BCUT2D eigenvalue weighted by Crippen LogP contribution is -2.24. The van der Waals surface area contributed by atoms with Crippen LogP contribution >= 0.6 is 11.3 Å². The van der Waals surface area contributed by atoms with Gasteiger partial charge in [0, 0.05) is 29.3 Å². The van der Waals surface area contributed by atoms with Gasteiger partial charge < -0.3 is 14.6 Å². The third-order valence-corrected chi connectivity index (χ3v) is 7.42. The number of thiophene rings is 1. The lowest BCUT2D eigenvalue weighted by molar-refractivity contribution is -0.116. The summed E-state index contributed by atoms with van der Waals surface area (Å²) in [7, 11) is 0. The second-order valence-electron chi connectivity index (χ2n) is 8.73. The Hall–Kier alpha value is -2.93. The second-order valence-corrected chi connectivity index (χ2v) is 9.83. The van der Waals surface area contributed by atoms with E-state index in [-0.39, 0.29) is 30.4 Å². The van der Waals surface area contributed by atoms with Crippen molar-refractivity contribution in [2.24, 2.45) is 0 Å². The Kier molecular flexibility index (Phi) is 6.70. The Morgan fingerprint density at radius 1 is 1.09 bits per heavy atom. The van der Waals surface area contributed by atoms with Gasteiger partial charge in [0.2, 0.25) is 5.91 Å². The third kappa shape index (κ3) is 4.60. The van der Waals surface area contributed by atoms with E-state index in [9.17, 15) is 14.4 Å². The molecule has 7 heteroatoms. The van der Waals surface area contributed by atoms with Gasteiger partial charge in [-0.3, -0.25) is 9.59 Å². The van der Waals surface area contributed by atoms with Crippen LogP contribution in [0.1, 0.15) is 63.7 Å². The van der Waals surface area contributed by atoms with Crippen LogP contribution in [0.25, 0.3) is 10.9 Å².